The summed E-state index contributed by atoms with van der Waals surface area (Å²) < 4.78 is 5.62. The molecule has 0 N–H and O–H groups in total. The summed E-state index contributed by atoms with van der Waals surface area (Å²) in [5.74, 6) is -0.839. The van der Waals surface area contributed by atoms with Crippen molar-refractivity contribution in [2.75, 3.05) is 0 Å². The SMILES string of the molecule is O=C([O-])Cc1ccc2c(c1)C(=O)c1ccccc1CO2.[K+]. The summed E-state index contributed by atoms with van der Waals surface area (Å²) in [6, 6.07) is 12.1. The Morgan fingerprint density at radius 2 is 1.90 bits per heavy atom. The molecule has 1 aliphatic rings. The summed E-state index contributed by atoms with van der Waals surface area (Å²) in [5, 5.41) is 10.7. The molecule has 0 radical (unpaired) electrons. The maximum atomic E-state index is 12.5. The molecule has 5 heteroatoms. The Hall–Kier alpha value is -0.984. The first-order chi connectivity index (χ1) is 9.65. The number of hydrogen-bond donors (Lipinski definition) is 0. The molecule has 0 aromatic heterocycles. The van der Waals surface area contributed by atoms with Crippen LogP contribution in [0.3, 0.4) is 0 Å². The number of carboxylic acid groups (broad SMARTS) is 1. The Kier molecular flexibility index (Phi) is 5.35. The van der Waals surface area contributed by atoms with Crippen molar-refractivity contribution in [1.82, 2.24) is 0 Å². The number of benzene rings is 2. The molecule has 1 aliphatic heterocycles. The molecular formula is C16H11KO4. The van der Waals surface area contributed by atoms with Crippen LogP contribution in [0, 0.1) is 0 Å². The van der Waals surface area contributed by atoms with Crippen molar-refractivity contribution in [2.24, 2.45) is 0 Å². The first-order valence-corrected chi connectivity index (χ1v) is 6.23. The first kappa shape index (κ1) is 16.4. The zero-order valence-corrected chi connectivity index (χ0v) is 14.7. The van der Waals surface area contributed by atoms with Crippen LogP contribution in [0.1, 0.15) is 27.0 Å². The minimum atomic E-state index is -1.17. The minimum absolute atomic E-state index is 0. The summed E-state index contributed by atoms with van der Waals surface area (Å²) in [7, 11) is 0. The fraction of sp³-hybridized carbons (Fsp3) is 0.125. The molecule has 0 aliphatic carbocycles. The number of carbonyl (C=O) groups is 2. The number of carbonyl (C=O) groups excluding carboxylic acids is 2. The van der Waals surface area contributed by atoms with E-state index in [1.807, 2.05) is 12.1 Å². The fourth-order valence-corrected chi connectivity index (χ4v) is 2.33. The molecule has 2 aromatic rings. The van der Waals surface area contributed by atoms with E-state index < -0.39 is 5.97 Å². The van der Waals surface area contributed by atoms with Crippen molar-refractivity contribution in [2.45, 2.75) is 13.0 Å². The van der Waals surface area contributed by atoms with E-state index in [1.54, 1.807) is 30.3 Å². The predicted octanol–water partition coefficient (Wildman–Crippen LogP) is -1.89. The van der Waals surface area contributed by atoms with Gasteiger partial charge in [-0.05, 0) is 17.7 Å². The van der Waals surface area contributed by atoms with Gasteiger partial charge in [0.05, 0.1) is 5.56 Å². The standard InChI is InChI=1S/C16H12O4.K/c17-15(18)8-10-5-6-14-13(7-10)16(19)12-4-2-1-3-11(12)9-20-14;/h1-7H,8-9H2,(H,17,18);/q;+1/p-1. The smallest absolute Gasteiger partial charge is 0.550 e. The van der Waals surface area contributed by atoms with Crippen molar-refractivity contribution < 1.29 is 70.8 Å². The van der Waals surface area contributed by atoms with E-state index in [0.29, 0.717) is 29.0 Å². The molecule has 0 unspecified atom stereocenters. The van der Waals surface area contributed by atoms with E-state index in [0.717, 1.165) is 5.56 Å². The van der Waals surface area contributed by atoms with Crippen molar-refractivity contribution in [3.8, 4) is 5.75 Å². The molecular weight excluding hydrogens is 295 g/mol. The quantitative estimate of drug-likeness (QED) is 0.608. The summed E-state index contributed by atoms with van der Waals surface area (Å²) in [6.07, 6.45) is -0.220. The van der Waals surface area contributed by atoms with E-state index in [4.69, 9.17) is 4.74 Å². The normalized spacial score (nSPS) is 12.3. The second-order valence-corrected chi connectivity index (χ2v) is 4.65. The van der Waals surface area contributed by atoms with Gasteiger partial charge in [-0.3, -0.25) is 4.79 Å². The molecule has 0 atom stereocenters. The Morgan fingerprint density at radius 1 is 1.14 bits per heavy atom. The van der Waals surface area contributed by atoms with Gasteiger partial charge in [-0.25, -0.2) is 0 Å². The van der Waals surface area contributed by atoms with Gasteiger partial charge in [0, 0.05) is 23.5 Å². The molecule has 4 nitrogen and oxygen atoms in total. The Labute approximate surface area is 164 Å². The molecule has 21 heavy (non-hydrogen) atoms. The molecule has 0 amide bonds. The maximum absolute atomic E-state index is 12.5. The fourth-order valence-electron chi connectivity index (χ4n) is 2.33. The van der Waals surface area contributed by atoms with Crippen LogP contribution >= 0.6 is 0 Å². The molecule has 0 saturated carbocycles. The van der Waals surface area contributed by atoms with Crippen LogP contribution in [0.4, 0.5) is 0 Å². The van der Waals surface area contributed by atoms with Crippen LogP contribution in [0.15, 0.2) is 42.5 Å². The first-order valence-electron chi connectivity index (χ1n) is 6.23. The maximum Gasteiger partial charge on any atom is 1.00 e. The topological polar surface area (TPSA) is 66.4 Å². The Balaban J connectivity index is 0.00000161. The number of aliphatic carboxylic acids is 1. The summed E-state index contributed by atoms with van der Waals surface area (Å²) in [5.41, 5.74) is 2.35. The molecule has 0 saturated heterocycles. The van der Waals surface area contributed by atoms with E-state index in [9.17, 15) is 14.7 Å². The second-order valence-electron chi connectivity index (χ2n) is 4.65. The van der Waals surface area contributed by atoms with Crippen LogP contribution in [0.5, 0.6) is 5.75 Å². The van der Waals surface area contributed by atoms with Crippen LogP contribution < -0.4 is 61.2 Å². The van der Waals surface area contributed by atoms with E-state index in [2.05, 4.69) is 0 Å². The van der Waals surface area contributed by atoms with Crippen LogP contribution in [-0.2, 0) is 17.8 Å². The molecule has 100 valence electrons. The predicted molar refractivity (Wildman–Crippen MR) is 69.4 cm³/mol. The third-order valence-corrected chi connectivity index (χ3v) is 3.28. The van der Waals surface area contributed by atoms with Crippen LogP contribution in [0.2, 0.25) is 0 Å². The van der Waals surface area contributed by atoms with Gasteiger partial charge in [0.25, 0.3) is 0 Å². The van der Waals surface area contributed by atoms with Gasteiger partial charge in [0.2, 0.25) is 0 Å². The second kappa shape index (κ2) is 6.85. The van der Waals surface area contributed by atoms with E-state index in [1.165, 1.54) is 0 Å². The average molecular weight is 306 g/mol. The van der Waals surface area contributed by atoms with Crippen molar-refractivity contribution >= 4 is 11.8 Å². The number of hydrogen-bond acceptors (Lipinski definition) is 4. The summed E-state index contributed by atoms with van der Waals surface area (Å²) >= 11 is 0. The summed E-state index contributed by atoms with van der Waals surface area (Å²) in [4.78, 5) is 23.2. The van der Waals surface area contributed by atoms with Crippen LogP contribution in [0.25, 0.3) is 0 Å². The third-order valence-electron chi connectivity index (χ3n) is 3.28. The molecule has 0 bridgehead atoms. The largest absolute Gasteiger partial charge is 1.00 e. The summed E-state index contributed by atoms with van der Waals surface area (Å²) in [6.45, 7) is 0.328. The number of rotatable bonds is 2. The zero-order chi connectivity index (χ0) is 14.1. The Bertz CT molecular complexity index is 709. The minimum Gasteiger partial charge on any atom is -0.550 e. The van der Waals surface area contributed by atoms with Crippen molar-refractivity contribution in [1.29, 1.82) is 0 Å². The number of ketones is 1. The van der Waals surface area contributed by atoms with Gasteiger partial charge in [0.1, 0.15) is 12.4 Å². The molecule has 0 spiro atoms. The van der Waals surface area contributed by atoms with Crippen LogP contribution in [-0.4, -0.2) is 11.8 Å². The molecule has 0 fully saturated rings. The molecule has 3 rings (SSSR count). The van der Waals surface area contributed by atoms with E-state index >= 15 is 0 Å². The van der Waals surface area contributed by atoms with Gasteiger partial charge in [-0.15, -0.1) is 0 Å². The number of carboxylic acids is 1. The average Bonchev–Trinajstić information content (AvgIpc) is 2.57. The number of fused-ring (bicyclic) bond motifs is 2. The molecule has 1 heterocycles. The van der Waals surface area contributed by atoms with Gasteiger partial charge in [0.15, 0.2) is 5.78 Å². The van der Waals surface area contributed by atoms with Gasteiger partial charge in [-0.1, -0.05) is 30.3 Å². The monoisotopic (exact) mass is 306 g/mol. The number of ether oxygens (including phenoxy) is 1. The van der Waals surface area contributed by atoms with Gasteiger partial charge in [-0.2, -0.15) is 0 Å². The molecule has 2 aromatic carbocycles. The van der Waals surface area contributed by atoms with Crippen molar-refractivity contribution in [3.05, 3.63) is 64.7 Å². The van der Waals surface area contributed by atoms with E-state index in [-0.39, 0.29) is 63.6 Å². The van der Waals surface area contributed by atoms with Gasteiger partial charge >= 0.3 is 51.4 Å². The zero-order valence-electron chi connectivity index (χ0n) is 11.6. The van der Waals surface area contributed by atoms with Gasteiger partial charge < -0.3 is 14.6 Å². The third kappa shape index (κ3) is 3.44. The Morgan fingerprint density at radius 3 is 2.67 bits per heavy atom. The van der Waals surface area contributed by atoms with Crippen molar-refractivity contribution in [3.63, 3.8) is 0 Å².